The maximum atomic E-state index is 12.5. The van der Waals surface area contributed by atoms with Gasteiger partial charge in [-0.05, 0) is 78.9 Å². The molecule has 5 aromatic rings. The first kappa shape index (κ1) is 27.7. The lowest BCUT2D eigenvalue weighted by atomic mass is 10.0. The number of carbonyl (C=O) groups excluding carboxylic acids is 1. The Hall–Kier alpha value is -5.48. The van der Waals surface area contributed by atoms with Crippen LogP contribution in [-0.4, -0.2) is 33.7 Å². The minimum atomic E-state index is -1.04. The van der Waals surface area contributed by atoms with E-state index < -0.39 is 12.0 Å². The first-order chi connectivity index (χ1) is 21.0. The molecule has 3 aromatic carbocycles. The summed E-state index contributed by atoms with van der Waals surface area (Å²) in [6, 6.07) is 31.6. The first-order valence-electron chi connectivity index (χ1n) is 13.5. The second-order valence-electron chi connectivity index (χ2n) is 9.75. The highest BCUT2D eigenvalue weighted by Crippen LogP contribution is 2.43. The largest absolute Gasteiger partial charge is 0.484 e. The van der Waals surface area contributed by atoms with Gasteiger partial charge in [-0.1, -0.05) is 42.5 Å². The summed E-state index contributed by atoms with van der Waals surface area (Å²) in [5.74, 6) is 0.302. The molecule has 6 rings (SSSR count). The average molecular weight is 591 g/mol. The number of carboxylic acids is 1. The van der Waals surface area contributed by atoms with Gasteiger partial charge >= 0.3 is 5.97 Å². The van der Waals surface area contributed by atoms with E-state index in [0.29, 0.717) is 33.6 Å². The molecule has 214 valence electrons. The van der Waals surface area contributed by atoms with Crippen LogP contribution in [0.1, 0.15) is 33.9 Å². The van der Waals surface area contributed by atoms with Crippen LogP contribution in [0.2, 0.25) is 0 Å². The van der Waals surface area contributed by atoms with E-state index in [1.165, 1.54) is 0 Å². The number of nitrogens with zero attached hydrogens (tertiary/aromatic N) is 2. The van der Waals surface area contributed by atoms with Crippen LogP contribution in [0.15, 0.2) is 120 Å². The van der Waals surface area contributed by atoms with Crippen LogP contribution in [0.5, 0.6) is 5.75 Å². The van der Waals surface area contributed by atoms with Gasteiger partial charge in [-0.3, -0.25) is 9.78 Å². The van der Waals surface area contributed by atoms with Gasteiger partial charge in [-0.15, -0.1) is 0 Å². The van der Waals surface area contributed by atoms with Gasteiger partial charge in [0.2, 0.25) is 0 Å². The summed E-state index contributed by atoms with van der Waals surface area (Å²) in [6.07, 6.45) is 1.72. The van der Waals surface area contributed by atoms with Crippen molar-refractivity contribution in [1.29, 1.82) is 0 Å². The number of para-hydroxylation sites is 1. The van der Waals surface area contributed by atoms with Crippen molar-refractivity contribution in [2.75, 3.05) is 16.8 Å². The molecular formula is C33H26N4O5S. The van der Waals surface area contributed by atoms with Crippen molar-refractivity contribution < 1.29 is 23.8 Å². The first-order valence-corrected chi connectivity index (χ1v) is 13.9. The van der Waals surface area contributed by atoms with E-state index in [9.17, 15) is 14.7 Å². The van der Waals surface area contributed by atoms with E-state index in [1.807, 2.05) is 59.5 Å². The Morgan fingerprint density at radius 3 is 2.42 bits per heavy atom. The van der Waals surface area contributed by atoms with Crippen molar-refractivity contribution >= 4 is 40.6 Å². The molecule has 43 heavy (non-hydrogen) atoms. The van der Waals surface area contributed by atoms with Gasteiger partial charge in [0.05, 0.1) is 17.3 Å². The van der Waals surface area contributed by atoms with Crippen LogP contribution in [0.4, 0.5) is 11.4 Å². The Balaban J connectivity index is 1.27. The van der Waals surface area contributed by atoms with Crippen molar-refractivity contribution in [1.82, 2.24) is 10.3 Å². The molecule has 1 aliphatic heterocycles. The van der Waals surface area contributed by atoms with Crippen molar-refractivity contribution in [3.8, 4) is 17.1 Å². The molecule has 0 spiro atoms. The molecule has 0 radical (unpaired) electrons. The van der Waals surface area contributed by atoms with E-state index in [-0.39, 0.29) is 24.1 Å². The van der Waals surface area contributed by atoms with Crippen molar-refractivity contribution in [2.45, 2.75) is 12.1 Å². The topological polar surface area (TPSA) is 117 Å². The second-order valence-corrected chi connectivity index (χ2v) is 10.1. The number of aromatic nitrogens is 1. The summed E-state index contributed by atoms with van der Waals surface area (Å²) >= 11 is 5.80. The van der Waals surface area contributed by atoms with Crippen molar-refractivity contribution in [2.24, 2.45) is 0 Å². The van der Waals surface area contributed by atoms with Crippen molar-refractivity contribution in [3.05, 3.63) is 132 Å². The molecule has 1 aliphatic rings. The van der Waals surface area contributed by atoms with E-state index in [2.05, 4.69) is 15.6 Å². The number of amides is 1. The number of benzene rings is 3. The molecule has 3 heterocycles. The normalized spacial score (nSPS) is 16.0. The summed E-state index contributed by atoms with van der Waals surface area (Å²) in [5.41, 5.74) is 2.76. The summed E-state index contributed by atoms with van der Waals surface area (Å²) in [7, 11) is 0. The maximum Gasteiger partial charge on any atom is 0.336 e. The molecular weight excluding hydrogens is 564 g/mol. The molecule has 9 nitrogen and oxygen atoms in total. The molecule has 0 unspecified atom stereocenters. The van der Waals surface area contributed by atoms with E-state index in [4.69, 9.17) is 21.4 Å². The van der Waals surface area contributed by atoms with Crippen LogP contribution >= 0.6 is 12.2 Å². The molecule has 1 amide bonds. The van der Waals surface area contributed by atoms with Crippen LogP contribution in [0.25, 0.3) is 11.3 Å². The van der Waals surface area contributed by atoms with Crippen LogP contribution < -0.4 is 20.3 Å². The van der Waals surface area contributed by atoms with Gasteiger partial charge in [-0.25, -0.2) is 4.79 Å². The Morgan fingerprint density at radius 1 is 0.930 bits per heavy atom. The number of hydrogen-bond acceptors (Lipinski definition) is 6. The standard InChI is InChI=1S/C33H26N4O5S/c38-29(20-41-23-8-2-1-3-9-23)35-21-13-15-22(16-14-21)37-31(30(36-33(37)43)26-12-6-7-19-34-26)28-18-17-27(42-28)24-10-4-5-11-25(24)32(39)40/h1-19,30-31H,20H2,(H,35,38)(H,36,43)(H,39,40)/t30-,31-/m1/s1. The Morgan fingerprint density at radius 2 is 1.67 bits per heavy atom. The zero-order chi connectivity index (χ0) is 29.8. The number of anilines is 2. The van der Waals surface area contributed by atoms with E-state index >= 15 is 0 Å². The summed E-state index contributed by atoms with van der Waals surface area (Å²) in [6.45, 7) is -0.119. The maximum absolute atomic E-state index is 12.5. The number of carboxylic acid groups (broad SMARTS) is 1. The zero-order valence-corrected chi connectivity index (χ0v) is 23.5. The van der Waals surface area contributed by atoms with Gasteiger partial charge in [0.1, 0.15) is 23.3 Å². The fraction of sp³-hybridized carbons (Fsp3) is 0.0909. The second kappa shape index (κ2) is 12.2. The lowest BCUT2D eigenvalue weighted by molar-refractivity contribution is -0.118. The minimum absolute atomic E-state index is 0.119. The lowest BCUT2D eigenvalue weighted by Gasteiger charge is -2.26. The summed E-state index contributed by atoms with van der Waals surface area (Å²) in [4.78, 5) is 30.8. The number of rotatable bonds is 9. The molecule has 0 saturated carbocycles. The Kier molecular flexibility index (Phi) is 7.84. The molecule has 2 atom stereocenters. The fourth-order valence-corrected chi connectivity index (χ4v) is 5.38. The van der Waals surface area contributed by atoms with Crippen LogP contribution in [0, 0.1) is 0 Å². The third kappa shape index (κ3) is 5.95. The number of nitrogens with one attached hydrogen (secondary N) is 2. The number of aromatic carboxylic acids is 1. The number of thiocarbonyl (C=S) groups is 1. The van der Waals surface area contributed by atoms with Gasteiger partial charge in [0.15, 0.2) is 11.7 Å². The number of furan rings is 1. The number of carbonyl (C=O) groups is 2. The average Bonchev–Trinajstić information content (AvgIpc) is 3.66. The predicted molar refractivity (Wildman–Crippen MR) is 166 cm³/mol. The minimum Gasteiger partial charge on any atom is -0.484 e. The SMILES string of the molecule is O=C(COc1ccccc1)Nc1ccc(N2C(=S)N[C@H](c3ccccn3)[C@H]2c2ccc(-c3ccccc3C(=O)O)o2)cc1. The smallest absolute Gasteiger partial charge is 0.336 e. The van der Waals surface area contributed by atoms with Gasteiger partial charge in [0.25, 0.3) is 5.91 Å². The third-order valence-electron chi connectivity index (χ3n) is 6.98. The molecule has 2 aromatic heterocycles. The van der Waals surface area contributed by atoms with Crippen LogP contribution in [0.3, 0.4) is 0 Å². The molecule has 1 fully saturated rings. The van der Waals surface area contributed by atoms with Gasteiger partial charge in [0, 0.05) is 23.1 Å². The highest BCUT2D eigenvalue weighted by atomic mass is 32.1. The molecule has 10 heteroatoms. The third-order valence-corrected chi connectivity index (χ3v) is 7.30. The number of hydrogen-bond donors (Lipinski definition) is 3. The van der Waals surface area contributed by atoms with E-state index in [1.54, 1.807) is 60.8 Å². The molecule has 3 N–H and O–H groups in total. The highest BCUT2D eigenvalue weighted by Gasteiger charge is 2.42. The lowest BCUT2D eigenvalue weighted by Crippen LogP contribution is -2.29. The molecule has 0 aliphatic carbocycles. The summed E-state index contributed by atoms with van der Waals surface area (Å²) in [5, 5.41) is 16.4. The van der Waals surface area contributed by atoms with Crippen LogP contribution in [-0.2, 0) is 4.79 Å². The number of ether oxygens (including phenoxy) is 1. The Bertz CT molecular complexity index is 1760. The zero-order valence-electron chi connectivity index (χ0n) is 22.7. The van der Waals surface area contributed by atoms with Crippen molar-refractivity contribution in [3.63, 3.8) is 0 Å². The summed E-state index contributed by atoms with van der Waals surface area (Å²) < 4.78 is 11.9. The van der Waals surface area contributed by atoms with Gasteiger partial charge in [-0.2, -0.15) is 0 Å². The van der Waals surface area contributed by atoms with Gasteiger partial charge < -0.3 is 29.8 Å². The number of pyridine rings is 1. The van der Waals surface area contributed by atoms with E-state index in [0.717, 1.165) is 11.4 Å². The monoisotopic (exact) mass is 590 g/mol. The highest BCUT2D eigenvalue weighted by molar-refractivity contribution is 7.80. The quantitative estimate of drug-likeness (QED) is 0.172. The predicted octanol–water partition coefficient (Wildman–Crippen LogP) is 6.23. The molecule has 1 saturated heterocycles. The molecule has 0 bridgehead atoms. The Labute approximate surface area is 252 Å². The fourth-order valence-electron chi connectivity index (χ4n) is 5.03.